The lowest BCUT2D eigenvalue weighted by Gasteiger charge is -2.18. The number of nitrogens with one attached hydrogen (secondary N) is 1. The van der Waals surface area contributed by atoms with Gasteiger partial charge in [0.15, 0.2) is 0 Å². The molecule has 0 aliphatic rings. The van der Waals surface area contributed by atoms with E-state index < -0.39 is 6.10 Å². The van der Waals surface area contributed by atoms with E-state index in [1.165, 1.54) is 7.11 Å². The van der Waals surface area contributed by atoms with Gasteiger partial charge in [-0.05, 0) is 24.6 Å². The van der Waals surface area contributed by atoms with Crippen LogP contribution in [0, 0.1) is 0 Å². The second-order valence-electron chi connectivity index (χ2n) is 3.96. The maximum absolute atomic E-state index is 11.8. The van der Waals surface area contributed by atoms with Gasteiger partial charge in [-0.2, -0.15) is 0 Å². The molecule has 100 valence electrons. The summed E-state index contributed by atoms with van der Waals surface area (Å²) >= 11 is 0. The van der Waals surface area contributed by atoms with Crippen LogP contribution < -0.4 is 15.8 Å². The highest BCUT2D eigenvalue weighted by atomic mass is 16.5. The molecule has 0 spiro atoms. The number of hydrogen-bond donors (Lipinski definition) is 2. The monoisotopic (exact) mass is 252 g/mol. The van der Waals surface area contributed by atoms with E-state index in [0.29, 0.717) is 0 Å². The lowest BCUT2D eigenvalue weighted by molar-refractivity contribution is -0.131. The normalized spacial score (nSPS) is 13.8. The summed E-state index contributed by atoms with van der Waals surface area (Å²) in [5.74, 6) is 0.581. The van der Waals surface area contributed by atoms with E-state index in [2.05, 4.69) is 5.32 Å². The van der Waals surface area contributed by atoms with Crippen LogP contribution in [0.1, 0.15) is 18.5 Å². The summed E-state index contributed by atoms with van der Waals surface area (Å²) in [6.45, 7) is 2.07. The molecule has 0 bridgehead atoms. The largest absolute Gasteiger partial charge is 0.497 e. The van der Waals surface area contributed by atoms with Crippen LogP contribution >= 0.6 is 0 Å². The minimum atomic E-state index is -0.606. The molecule has 5 nitrogen and oxygen atoms in total. The van der Waals surface area contributed by atoms with E-state index in [4.69, 9.17) is 15.2 Å². The van der Waals surface area contributed by atoms with E-state index in [-0.39, 0.29) is 18.5 Å². The van der Waals surface area contributed by atoms with Crippen molar-refractivity contribution in [3.05, 3.63) is 29.8 Å². The third-order valence-electron chi connectivity index (χ3n) is 2.77. The number of methoxy groups -OCH3 is 2. The van der Waals surface area contributed by atoms with Crippen molar-refractivity contribution in [3.8, 4) is 5.75 Å². The third kappa shape index (κ3) is 3.72. The highest BCUT2D eigenvalue weighted by molar-refractivity contribution is 5.81. The van der Waals surface area contributed by atoms with Gasteiger partial charge in [-0.3, -0.25) is 4.79 Å². The third-order valence-corrected chi connectivity index (χ3v) is 2.77. The molecular weight excluding hydrogens is 232 g/mol. The Morgan fingerprint density at radius 3 is 2.39 bits per heavy atom. The fraction of sp³-hybridized carbons (Fsp3) is 0.462. The Kier molecular flexibility index (Phi) is 5.61. The zero-order valence-electron chi connectivity index (χ0n) is 11.0. The van der Waals surface area contributed by atoms with Crippen molar-refractivity contribution in [2.24, 2.45) is 5.73 Å². The summed E-state index contributed by atoms with van der Waals surface area (Å²) in [4.78, 5) is 11.8. The van der Waals surface area contributed by atoms with E-state index in [9.17, 15) is 4.79 Å². The Morgan fingerprint density at radius 1 is 1.33 bits per heavy atom. The summed E-state index contributed by atoms with van der Waals surface area (Å²) in [6, 6.07) is 7.43. The fourth-order valence-corrected chi connectivity index (χ4v) is 1.59. The molecule has 1 rings (SSSR count). The standard InChI is InChI=1S/C13H20N2O3/c1-9(15-13(16)12(8-14)18-3)10-4-6-11(17-2)7-5-10/h4-7,9,12H,8,14H2,1-3H3,(H,15,16)/t9-,12?/m1/s1. The number of ether oxygens (including phenoxy) is 2. The number of carbonyl (C=O) groups excluding carboxylic acids is 1. The molecule has 0 radical (unpaired) electrons. The molecule has 1 aromatic carbocycles. The van der Waals surface area contributed by atoms with Crippen LogP contribution in [0.15, 0.2) is 24.3 Å². The summed E-state index contributed by atoms with van der Waals surface area (Å²) in [6.07, 6.45) is -0.606. The van der Waals surface area contributed by atoms with Crippen LogP contribution in [-0.4, -0.2) is 32.8 Å². The van der Waals surface area contributed by atoms with Gasteiger partial charge in [-0.1, -0.05) is 12.1 Å². The molecule has 1 unspecified atom stereocenters. The van der Waals surface area contributed by atoms with E-state index >= 15 is 0 Å². The predicted octanol–water partition coefficient (Wildman–Crippen LogP) is 0.846. The second-order valence-corrected chi connectivity index (χ2v) is 3.96. The van der Waals surface area contributed by atoms with Crippen molar-refractivity contribution in [2.75, 3.05) is 20.8 Å². The van der Waals surface area contributed by atoms with Crippen LogP contribution in [0.4, 0.5) is 0 Å². The quantitative estimate of drug-likeness (QED) is 0.787. The molecular formula is C13H20N2O3. The molecule has 2 atom stereocenters. The lowest BCUT2D eigenvalue weighted by atomic mass is 10.1. The molecule has 18 heavy (non-hydrogen) atoms. The number of nitrogens with two attached hydrogens (primary N) is 1. The van der Waals surface area contributed by atoms with Crippen LogP contribution in [0.3, 0.4) is 0 Å². The molecule has 0 aliphatic carbocycles. The maximum Gasteiger partial charge on any atom is 0.250 e. The van der Waals surface area contributed by atoms with Crippen molar-refractivity contribution >= 4 is 5.91 Å². The van der Waals surface area contributed by atoms with E-state index in [0.717, 1.165) is 11.3 Å². The first-order chi connectivity index (χ1) is 8.62. The summed E-state index contributed by atoms with van der Waals surface area (Å²) in [5.41, 5.74) is 6.43. The number of amides is 1. The van der Waals surface area contributed by atoms with Gasteiger partial charge in [0, 0.05) is 13.7 Å². The van der Waals surface area contributed by atoms with Crippen molar-refractivity contribution < 1.29 is 14.3 Å². The molecule has 0 aromatic heterocycles. The topological polar surface area (TPSA) is 73.6 Å². The van der Waals surface area contributed by atoms with Crippen LogP contribution in [0.5, 0.6) is 5.75 Å². The number of rotatable bonds is 6. The zero-order valence-corrected chi connectivity index (χ0v) is 11.0. The molecule has 0 heterocycles. The molecule has 0 saturated heterocycles. The molecule has 3 N–H and O–H groups in total. The zero-order chi connectivity index (χ0) is 13.5. The van der Waals surface area contributed by atoms with E-state index in [1.54, 1.807) is 7.11 Å². The molecule has 1 aromatic rings. The Bertz CT molecular complexity index is 374. The maximum atomic E-state index is 11.8. The van der Waals surface area contributed by atoms with Gasteiger partial charge in [-0.25, -0.2) is 0 Å². The first kappa shape index (κ1) is 14.5. The Morgan fingerprint density at radius 2 is 1.94 bits per heavy atom. The Labute approximate surface area is 107 Å². The number of carbonyl (C=O) groups is 1. The highest BCUT2D eigenvalue weighted by Crippen LogP contribution is 2.17. The Hall–Kier alpha value is -1.59. The van der Waals surface area contributed by atoms with Gasteiger partial charge in [0.25, 0.3) is 5.91 Å². The SMILES string of the molecule is COc1ccc([C@@H](C)NC(=O)C(CN)OC)cc1. The number of benzene rings is 1. The summed E-state index contributed by atoms with van der Waals surface area (Å²) < 4.78 is 10.1. The second kappa shape index (κ2) is 6.98. The van der Waals surface area contributed by atoms with Gasteiger partial charge >= 0.3 is 0 Å². The average Bonchev–Trinajstić information content (AvgIpc) is 2.40. The van der Waals surface area contributed by atoms with Gasteiger partial charge < -0.3 is 20.5 Å². The van der Waals surface area contributed by atoms with Crippen molar-refractivity contribution in [1.29, 1.82) is 0 Å². The van der Waals surface area contributed by atoms with Gasteiger partial charge in [0.1, 0.15) is 11.9 Å². The first-order valence-electron chi connectivity index (χ1n) is 5.79. The van der Waals surface area contributed by atoms with Gasteiger partial charge in [-0.15, -0.1) is 0 Å². The molecule has 0 saturated carbocycles. The summed E-state index contributed by atoms with van der Waals surface area (Å²) in [5, 5.41) is 2.85. The lowest BCUT2D eigenvalue weighted by Crippen LogP contribution is -2.41. The number of hydrogen-bond acceptors (Lipinski definition) is 4. The summed E-state index contributed by atoms with van der Waals surface area (Å²) in [7, 11) is 3.08. The minimum Gasteiger partial charge on any atom is -0.497 e. The molecule has 0 aliphatic heterocycles. The predicted molar refractivity (Wildman–Crippen MR) is 69.4 cm³/mol. The van der Waals surface area contributed by atoms with Crippen molar-refractivity contribution in [3.63, 3.8) is 0 Å². The van der Waals surface area contributed by atoms with Gasteiger partial charge in [0.2, 0.25) is 0 Å². The first-order valence-corrected chi connectivity index (χ1v) is 5.79. The van der Waals surface area contributed by atoms with Crippen LogP contribution in [-0.2, 0) is 9.53 Å². The van der Waals surface area contributed by atoms with E-state index in [1.807, 2.05) is 31.2 Å². The fourth-order valence-electron chi connectivity index (χ4n) is 1.59. The molecule has 5 heteroatoms. The highest BCUT2D eigenvalue weighted by Gasteiger charge is 2.18. The minimum absolute atomic E-state index is 0.104. The van der Waals surface area contributed by atoms with Gasteiger partial charge in [0.05, 0.1) is 13.2 Å². The molecule has 0 fully saturated rings. The van der Waals surface area contributed by atoms with Crippen molar-refractivity contribution in [1.82, 2.24) is 5.32 Å². The average molecular weight is 252 g/mol. The molecule has 1 amide bonds. The van der Waals surface area contributed by atoms with Crippen molar-refractivity contribution in [2.45, 2.75) is 19.1 Å². The smallest absolute Gasteiger partial charge is 0.250 e. The van der Waals surface area contributed by atoms with Crippen LogP contribution in [0.2, 0.25) is 0 Å². The van der Waals surface area contributed by atoms with Crippen LogP contribution in [0.25, 0.3) is 0 Å². The Balaban J connectivity index is 2.63.